The summed E-state index contributed by atoms with van der Waals surface area (Å²) >= 11 is 0. The number of anilines is 1. The van der Waals surface area contributed by atoms with E-state index in [9.17, 15) is 4.79 Å². The third kappa shape index (κ3) is 3.83. The van der Waals surface area contributed by atoms with Gasteiger partial charge in [0.05, 0.1) is 11.8 Å². The van der Waals surface area contributed by atoms with Crippen LogP contribution in [0.2, 0.25) is 0 Å². The monoisotopic (exact) mass is 356 g/mol. The van der Waals surface area contributed by atoms with Crippen LogP contribution in [-0.2, 0) is 9.53 Å². The van der Waals surface area contributed by atoms with Crippen LogP contribution in [0.1, 0.15) is 52.9 Å². The Bertz CT molecular complexity index is 767. The van der Waals surface area contributed by atoms with E-state index < -0.39 is 5.60 Å². The molecule has 1 aromatic heterocycles. The van der Waals surface area contributed by atoms with Gasteiger partial charge in [0.2, 0.25) is 0 Å². The van der Waals surface area contributed by atoms with E-state index in [1.165, 1.54) is 0 Å². The van der Waals surface area contributed by atoms with Crippen LogP contribution >= 0.6 is 0 Å². The molecule has 0 atom stereocenters. The number of nitrogens with one attached hydrogen (secondary N) is 1. The molecule has 2 aromatic rings. The maximum atomic E-state index is 13.1. The van der Waals surface area contributed by atoms with E-state index in [1.54, 1.807) is 6.20 Å². The molecule has 0 saturated heterocycles. The average molecular weight is 356 g/mol. The lowest BCUT2D eigenvalue weighted by Gasteiger charge is -2.28. The molecule has 1 saturated carbocycles. The van der Waals surface area contributed by atoms with E-state index in [2.05, 4.69) is 17.2 Å². The van der Waals surface area contributed by atoms with Crippen LogP contribution in [0.15, 0.2) is 30.5 Å². The molecule has 140 valence electrons. The van der Waals surface area contributed by atoms with E-state index in [4.69, 9.17) is 9.47 Å². The molecule has 0 unspecified atom stereocenters. The molecule has 1 amide bonds. The SMILES string of the molecule is CCCOC1(C(=O)Nc2ccc(OC(C)C)c3ncccc23)CCCC1. The van der Waals surface area contributed by atoms with Gasteiger partial charge in [0, 0.05) is 18.2 Å². The van der Waals surface area contributed by atoms with Gasteiger partial charge in [0.15, 0.2) is 0 Å². The third-order valence-electron chi connectivity index (χ3n) is 4.75. The molecule has 1 aliphatic rings. The topological polar surface area (TPSA) is 60.5 Å². The zero-order valence-corrected chi connectivity index (χ0v) is 15.9. The fraction of sp³-hybridized carbons (Fsp3) is 0.524. The molecule has 5 nitrogen and oxygen atoms in total. The number of pyridine rings is 1. The predicted molar refractivity (Wildman–Crippen MR) is 104 cm³/mol. The first kappa shape index (κ1) is 18.6. The summed E-state index contributed by atoms with van der Waals surface area (Å²) in [5.74, 6) is 0.678. The summed E-state index contributed by atoms with van der Waals surface area (Å²) in [6, 6.07) is 7.59. The summed E-state index contributed by atoms with van der Waals surface area (Å²) in [7, 11) is 0. The number of ether oxygens (including phenoxy) is 2. The summed E-state index contributed by atoms with van der Waals surface area (Å²) in [6.45, 7) is 6.64. The van der Waals surface area contributed by atoms with E-state index >= 15 is 0 Å². The Morgan fingerprint density at radius 3 is 2.73 bits per heavy atom. The van der Waals surface area contributed by atoms with Crippen molar-refractivity contribution in [2.24, 2.45) is 0 Å². The van der Waals surface area contributed by atoms with Crippen molar-refractivity contribution in [1.29, 1.82) is 0 Å². The van der Waals surface area contributed by atoms with E-state index in [0.29, 0.717) is 6.61 Å². The highest BCUT2D eigenvalue weighted by Crippen LogP contribution is 2.36. The molecule has 0 spiro atoms. The molecule has 1 aliphatic carbocycles. The Kier molecular flexibility index (Phi) is 5.77. The van der Waals surface area contributed by atoms with Gasteiger partial charge in [-0.05, 0) is 70.2 Å². The second kappa shape index (κ2) is 8.04. The van der Waals surface area contributed by atoms with E-state index in [-0.39, 0.29) is 12.0 Å². The lowest BCUT2D eigenvalue weighted by molar-refractivity contribution is -0.140. The second-order valence-electron chi connectivity index (χ2n) is 7.18. The summed E-state index contributed by atoms with van der Waals surface area (Å²) in [6.07, 6.45) is 6.33. The maximum absolute atomic E-state index is 13.1. The minimum Gasteiger partial charge on any atom is -0.489 e. The highest BCUT2D eigenvalue weighted by atomic mass is 16.5. The number of rotatable bonds is 7. The van der Waals surface area contributed by atoms with Crippen LogP contribution in [-0.4, -0.2) is 29.2 Å². The third-order valence-corrected chi connectivity index (χ3v) is 4.75. The highest BCUT2D eigenvalue weighted by molar-refractivity contribution is 6.05. The van der Waals surface area contributed by atoms with E-state index in [1.807, 2.05) is 38.1 Å². The van der Waals surface area contributed by atoms with Gasteiger partial charge in [0.25, 0.3) is 5.91 Å². The number of carbonyl (C=O) groups is 1. The lowest BCUT2D eigenvalue weighted by Crippen LogP contribution is -2.43. The highest BCUT2D eigenvalue weighted by Gasteiger charge is 2.42. The van der Waals surface area contributed by atoms with Crippen molar-refractivity contribution in [1.82, 2.24) is 4.98 Å². The fourth-order valence-electron chi connectivity index (χ4n) is 3.52. The summed E-state index contributed by atoms with van der Waals surface area (Å²) in [5, 5.41) is 3.98. The maximum Gasteiger partial charge on any atom is 0.256 e. The Labute approximate surface area is 155 Å². The van der Waals surface area contributed by atoms with Gasteiger partial charge in [-0.2, -0.15) is 0 Å². The van der Waals surface area contributed by atoms with Gasteiger partial charge in [-0.3, -0.25) is 9.78 Å². The van der Waals surface area contributed by atoms with Crippen LogP contribution < -0.4 is 10.1 Å². The van der Waals surface area contributed by atoms with Crippen molar-refractivity contribution < 1.29 is 14.3 Å². The van der Waals surface area contributed by atoms with Crippen molar-refractivity contribution in [2.75, 3.05) is 11.9 Å². The normalized spacial score (nSPS) is 16.2. The van der Waals surface area contributed by atoms with Crippen LogP contribution in [0.3, 0.4) is 0 Å². The van der Waals surface area contributed by atoms with Crippen LogP contribution in [0.4, 0.5) is 5.69 Å². The van der Waals surface area contributed by atoms with Gasteiger partial charge < -0.3 is 14.8 Å². The number of carbonyl (C=O) groups excluding carboxylic acids is 1. The smallest absolute Gasteiger partial charge is 0.256 e. The molecule has 0 bridgehead atoms. The van der Waals surface area contributed by atoms with Gasteiger partial charge in [0.1, 0.15) is 16.9 Å². The zero-order chi connectivity index (χ0) is 18.6. The molecule has 1 aromatic carbocycles. The Hall–Kier alpha value is -2.14. The first-order valence-corrected chi connectivity index (χ1v) is 9.55. The summed E-state index contributed by atoms with van der Waals surface area (Å²) in [5.41, 5.74) is 0.812. The first-order chi connectivity index (χ1) is 12.6. The number of hydrogen-bond donors (Lipinski definition) is 1. The first-order valence-electron chi connectivity index (χ1n) is 9.55. The van der Waals surface area contributed by atoms with Gasteiger partial charge in [-0.15, -0.1) is 0 Å². The number of fused-ring (bicyclic) bond motifs is 1. The van der Waals surface area contributed by atoms with Crippen molar-refractivity contribution in [2.45, 2.75) is 64.6 Å². The fourth-order valence-corrected chi connectivity index (χ4v) is 3.52. The van der Waals surface area contributed by atoms with Crippen LogP contribution in [0.5, 0.6) is 5.75 Å². The molecular weight excluding hydrogens is 328 g/mol. The number of hydrogen-bond acceptors (Lipinski definition) is 4. The Morgan fingerprint density at radius 1 is 1.27 bits per heavy atom. The molecule has 0 aliphatic heterocycles. The molecule has 1 fully saturated rings. The minimum absolute atomic E-state index is 0.0499. The molecular formula is C21H28N2O3. The van der Waals surface area contributed by atoms with Gasteiger partial charge in [-0.25, -0.2) is 0 Å². The largest absolute Gasteiger partial charge is 0.489 e. The Balaban J connectivity index is 1.90. The van der Waals surface area contributed by atoms with Gasteiger partial charge >= 0.3 is 0 Å². The molecule has 3 rings (SSSR count). The molecule has 1 heterocycles. The molecule has 26 heavy (non-hydrogen) atoms. The molecule has 5 heteroatoms. The van der Waals surface area contributed by atoms with Gasteiger partial charge in [-0.1, -0.05) is 6.92 Å². The number of aromatic nitrogens is 1. The molecule has 0 radical (unpaired) electrons. The van der Waals surface area contributed by atoms with Crippen molar-refractivity contribution in [3.63, 3.8) is 0 Å². The minimum atomic E-state index is -0.697. The number of benzene rings is 1. The number of nitrogens with zero attached hydrogens (tertiary/aromatic N) is 1. The average Bonchev–Trinajstić information content (AvgIpc) is 3.12. The van der Waals surface area contributed by atoms with Crippen molar-refractivity contribution >= 4 is 22.5 Å². The predicted octanol–water partition coefficient (Wildman–Crippen LogP) is 4.70. The van der Waals surface area contributed by atoms with Crippen LogP contribution in [0, 0.1) is 0 Å². The molecule has 1 N–H and O–H groups in total. The van der Waals surface area contributed by atoms with Crippen molar-refractivity contribution in [3.8, 4) is 5.75 Å². The quantitative estimate of drug-likeness (QED) is 0.781. The van der Waals surface area contributed by atoms with E-state index in [0.717, 1.165) is 54.4 Å². The van der Waals surface area contributed by atoms with Crippen LogP contribution in [0.25, 0.3) is 10.9 Å². The zero-order valence-electron chi connectivity index (χ0n) is 15.9. The summed E-state index contributed by atoms with van der Waals surface area (Å²) in [4.78, 5) is 17.5. The summed E-state index contributed by atoms with van der Waals surface area (Å²) < 4.78 is 11.9. The lowest BCUT2D eigenvalue weighted by atomic mass is 10.00. The number of amides is 1. The van der Waals surface area contributed by atoms with Crippen molar-refractivity contribution in [3.05, 3.63) is 30.5 Å². The standard InChI is InChI=1S/C21H28N2O3/c1-4-14-25-21(11-5-6-12-21)20(24)23-17-9-10-18(26-15(2)3)19-16(17)8-7-13-22-19/h7-10,13,15H,4-6,11-12,14H2,1-3H3,(H,23,24). The Morgan fingerprint density at radius 2 is 2.04 bits per heavy atom. The second-order valence-corrected chi connectivity index (χ2v) is 7.18.